The second kappa shape index (κ2) is 5.85. The van der Waals surface area contributed by atoms with Gasteiger partial charge in [0.15, 0.2) is 5.69 Å². The normalized spacial score (nSPS) is 10.2. The molecule has 108 valence electrons. The predicted molar refractivity (Wildman–Crippen MR) is 78.4 cm³/mol. The number of anilines is 1. The number of benzene rings is 1. The number of ether oxygens (including phenoxy) is 1. The number of halogens is 1. The highest BCUT2D eigenvalue weighted by Gasteiger charge is 2.24. The Hall–Kier alpha value is -2.52. The van der Waals surface area contributed by atoms with E-state index in [-0.39, 0.29) is 23.7 Å². The van der Waals surface area contributed by atoms with E-state index in [4.69, 9.17) is 22.1 Å². The molecule has 0 saturated heterocycles. The maximum atomic E-state index is 11.8. The van der Waals surface area contributed by atoms with Crippen molar-refractivity contribution in [1.82, 2.24) is 9.78 Å². The van der Waals surface area contributed by atoms with Gasteiger partial charge in [-0.1, -0.05) is 17.7 Å². The Morgan fingerprint density at radius 3 is 2.90 bits per heavy atom. The second-order valence-electron chi connectivity index (χ2n) is 4.24. The van der Waals surface area contributed by atoms with Gasteiger partial charge in [-0.25, -0.2) is 9.48 Å². The first-order valence-electron chi connectivity index (χ1n) is 6.22. The maximum absolute atomic E-state index is 11.8. The Morgan fingerprint density at radius 1 is 1.57 bits per heavy atom. The Labute approximate surface area is 126 Å². The number of nitrogens with two attached hydrogens (primary N) is 1. The van der Waals surface area contributed by atoms with Crippen molar-refractivity contribution in [3.63, 3.8) is 0 Å². The SMILES string of the molecule is CCOC(=O)c1nn(-c2cccc(Cl)c2C)c(N)c1C#N. The van der Waals surface area contributed by atoms with Gasteiger partial charge in [-0.15, -0.1) is 0 Å². The second-order valence-corrected chi connectivity index (χ2v) is 4.64. The average Bonchev–Trinajstić information content (AvgIpc) is 2.79. The number of nitrogen functional groups attached to an aromatic ring is 1. The lowest BCUT2D eigenvalue weighted by molar-refractivity contribution is 0.0518. The number of nitrogens with zero attached hydrogens (tertiary/aromatic N) is 3. The molecule has 1 heterocycles. The zero-order valence-corrected chi connectivity index (χ0v) is 12.3. The largest absolute Gasteiger partial charge is 0.461 e. The van der Waals surface area contributed by atoms with Crippen molar-refractivity contribution in [2.75, 3.05) is 12.3 Å². The fourth-order valence-corrected chi connectivity index (χ4v) is 2.06. The molecule has 0 unspecified atom stereocenters. The molecule has 2 N–H and O–H groups in total. The number of nitriles is 1. The zero-order valence-electron chi connectivity index (χ0n) is 11.6. The molecule has 0 spiro atoms. The molecule has 21 heavy (non-hydrogen) atoms. The summed E-state index contributed by atoms with van der Waals surface area (Å²) in [6, 6.07) is 7.11. The van der Waals surface area contributed by atoms with Crippen LogP contribution in [0.4, 0.5) is 5.82 Å². The van der Waals surface area contributed by atoms with Crippen LogP contribution in [-0.4, -0.2) is 22.4 Å². The lowest BCUT2D eigenvalue weighted by atomic mass is 10.2. The summed E-state index contributed by atoms with van der Waals surface area (Å²) < 4.78 is 6.21. The van der Waals surface area contributed by atoms with Gasteiger partial charge in [0.05, 0.1) is 12.3 Å². The molecule has 0 bridgehead atoms. The number of aromatic nitrogens is 2. The molecule has 0 amide bonds. The van der Waals surface area contributed by atoms with Crippen LogP contribution in [-0.2, 0) is 4.74 Å². The van der Waals surface area contributed by atoms with Gasteiger partial charge >= 0.3 is 5.97 Å². The summed E-state index contributed by atoms with van der Waals surface area (Å²) in [5, 5.41) is 13.8. The number of carbonyl (C=O) groups is 1. The molecule has 0 aliphatic rings. The van der Waals surface area contributed by atoms with Crippen molar-refractivity contribution in [1.29, 1.82) is 5.26 Å². The molecule has 1 aromatic carbocycles. The van der Waals surface area contributed by atoms with E-state index in [1.165, 1.54) is 4.68 Å². The maximum Gasteiger partial charge on any atom is 0.360 e. The van der Waals surface area contributed by atoms with Crippen molar-refractivity contribution >= 4 is 23.4 Å². The summed E-state index contributed by atoms with van der Waals surface area (Å²) in [6.07, 6.45) is 0. The highest BCUT2D eigenvalue weighted by molar-refractivity contribution is 6.31. The number of hydrogen-bond acceptors (Lipinski definition) is 5. The van der Waals surface area contributed by atoms with Crippen molar-refractivity contribution in [2.45, 2.75) is 13.8 Å². The van der Waals surface area contributed by atoms with Crippen molar-refractivity contribution < 1.29 is 9.53 Å². The Bertz CT molecular complexity index is 746. The summed E-state index contributed by atoms with van der Waals surface area (Å²) >= 11 is 6.07. The Kier molecular flexibility index (Phi) is 4.15. The van der Waals surface area contributed by atoms with E-state index in [9.17, 15) is 10.1 Å². The van der Waals surface area contributed by atoms with E-state index in [1.807, 2.05) is 6.07 Å². The molecule has 0 saturated carbocycles. The van der Waals surface area contributed by atoms with Crippen LogP contribution >= 0.6 is 11.6 Å². The number of esters is 1. The number of rotatable bonds is 3. The summed E-state index contributed by atoms with van der Waals surface area (Å²) in [6.45, 7) is 3.66. The quantitative estimate of drug-likeness (QED) is 0.879. The molecule has 0 radical (unpaired) electrons. The van der Waals surface area contributed by atoms with Crippen LogP contribution in [0.5, 0.6) is 0 Å². The van der Waals surface area contributed by atoms with E-state index in [0.29, 0.717) is 10.7 Å². The standard InChI is InChI=1S/C14H13ClN4O2/c1-3-21-14(20)12-9(7-16)13(17)19(18-12)11-6-4-5-10(15)8(11)2/h4-6H,3,17H2,1-2H3. The minimum absolute atomic E-state index is 0.00664. The lowest BCUT2D eigenvalue weighted by Gasteiger charge is -2.08. The van der Waals surface area contributed by atoms with E-state index < -0.39 is 5.97 Å². The van der Waals surface area contributed by atoms with Crippen molar-refractivity contribution in [3.05, 3.63) is 40.0 Å². The molecule has 0 fully saturated rings. The minimum atomic E-state index is -0.681. The van der Waals surface area contributed by atoms with Gasteiger partial charge in [0.25, 0.3) is 0 Å². The van der Waals surface area contributed by atoms with Crippen molar-refractivity contribution in [3.8, 4) is 11.8 Å². The highest BCUT2D eigenvalue weighted by Crippen LogP contribution is 2.26. The molecule has 6 nitrogen and oxygen atoms in total. The summed E-state index contributed by atoms with van der Waals surface area (Å²) in [5.41, 5.74) is 7.17. The first-order valence-corrected chi connectivity index (χ1v) is 6.60. The Balaban J connectivity index is 2.64. The van der Waals surface area contributed by atoms with Crippen LogP contribution in [0.2, 0.25) is 5.02 Å². The molecule has 0 atom stereocenters. The van der Waals surface area contributed by atoms with Crippen LogP contribution in [0.3, 0.4) is 0 Å². The van der Waals surface area contributed by atoms with E-state index in [2.05, 4.69) is 5.10 Å². The molecule has 7 heteroatoms. The summed E-state index contributed by atoms with van der Waals surface area (Å²) in [5.74, 6) is -0.606. The van der Waals surface area contributed by atoms with Crippen LogP contribution < -0.4 is 5.73 Å². The third-order valence-corrected chi connectivity index (χ3v) is 3.38. The smallest absolute Gasteiger partial charge is 0.360 e. The van der Waals surface area contributed by atoms with Crippen molar-refractivity contribution in [2.24, 2.45) is 0 Å². The lowest BCUT2D eigenvalue weighted by Crippen LogP contribution is -2.08. The number of hydrogen-bond donors (Lipinski definition) is 1. The third kappa shape index (κ3) is 2.56. The molecular formula is C14H13ClN4O2. The fraction of sp³-hybridized carbons (Fsp3) is 0.214. The topological polar surface area (TPSA) is 93.9 Å². The first kappa shape index (κ1) is 14.9. The van der Waals surface area contributed by atoms with Crippen LogP contribution in [0.15, 0.2) is 18.2 Å². The molecule has 0 aliphatic heterocycles. The molecule has 0 aliphatic carbocycles. The third-order valence-electron chi connectivity index (χ3n) is 2.97. The molecule has 2 rings (SSSR count). The van der Waals surface area contributed by atoms with E-state index in [1.54, 1.807) is 32.0 Å². The monoisotopic (exact) mass is 304 g/mol. The molecule has 2 aromatic rings. The van der Waals surface area contributed by atoms with Gasteiger partial charge in [-0.05, 0) is 31.5 Å². The first-order chi connectivity index (χ1) is 10.0. The van der Waals surface area contributed by atoms with E-state index >= 15 is 0 Å². The highest BCUT2D eigenvalue weighted by atomic mass is 35.5. The number of carbonyl (C=O) groups excluding carboxylic acids is 1. The zero-order chi connectivity index (χ0) is 15.6. The van der Waals surface area contributed by atoms with Crippen LogP contribution in [0, 0.1) is 18.3 Å². The van der Waals surface area contributed by atoms with Gasteiger partial charge in [0.1, 0.15) is 17.5 Å². The van der Waals surface area contributed by atoms with Gasteiger partial charge in [0, 0.05) is 5.02 Å². The van der Waals surface area contributed by atoms with Crippen LogP contribution in [0.25, 0.3) is 5.69 Å². The van der Waals surface area contributed by atoms with Gasteiger partial charge in [-0.2, -0.15) is 10.4 Å². The Morgan fingerprint density at radius 2 is 2.29 bits per heavy atom. The van der Waals surface area contributed by atoms with E-state index in [0.717, 1.165) is 5.56 Å². The minimum Gasteiger partial charge on any atom is -0.461 e. The summed E-state index contributed by atoms with van der Waals surface area (Å²) in [7, 11) is 0. The fourth-order valence-electron chi connectivity index (χ4n) is 1.89. The van der Waals surface area contributed by atoms with Crippen LogP contribution in [0.1, 0.15) is 28.5 Å². The molecule has 1 aromatic heterocycles. The van der Waals surface area contributed by atoms with Gasteiger partial charge in [0.2, 0.25) is 0 Å². The average molecular weight is 305 g/mol. The summed E-state index contributed by atoms with van der Waals surface area (Å²) in [4.78, 5) is 11.8. The molecular weight excluding hydrogens is 292 g/mol. The van der Waals surface area contributed by atoms with Gasteiger partial charge < -0.3 is 10.5 Å². The predicted octanol–water partition coefficient (Wildman–Crippen LogP) is 2.46. The van der Waals surface area contributed by atoms with Gasteiger partial charge in [-0.3, -0.25) is 0 Å².